The van der Waals surface area contributed by atoms with Gasteiger partial charge in [-0.15, -0.1) is 0 Å². The third kappa shape index (κ3) is 3.78. The lowest BCUT2D eigenvalue weighted by molar-refractivity contribution is -0.401. The minimum absolute atomic E-state index is 0.224. The molecule has 0 amide bonds. The second-order valence-electron chi connectivity index (χ2n) is 6.35. The van der Waals surface area contributed by atoms with Gasteiger partial charge in [0.2, 0.25) is 0 Å². The molecule has 1 N–H and O–H groups in total. The van der Waals surface area contributed by atoms with E-state index in [0.717, 1.165) is 16.4 Å². The maximum Gasteiger partial charge on any atom is 0.433 e. The van der Waals surface area contributed by atoms with E-state index in [1.54, 1.807) is 6.92 Å². The molecule has 0 spiro atoms. The summed E-state index contributed by atoms with van der Waals surface area (Å²) in [5.74, 6) is -0.173. The normalized spacial score (nSPS) is 15.8. The topological polar surface area (TPSA) is 135 Å². The van der Waals surface area contributed by atoms with Crippen molar-refractivity contribution in [3.05, 3.63) is 92.6 Å². The van der Waals surface area contributed by atoms with Gasteiger partial charge in [0, 0.05) is 11.8 Å². The van der Waals surface area contributed by atoms with Crippen molar-refractivity contribution >= 4 is 21.4 Å². The van der Waals surface area contributed by atoms with Gasteiger partial charge in [0.15, 0.2) is 15.6 Å². The second kappa shape index (κ2) is 7.44. The molecule has 11 heteroatoms. The predicted octanol–water partition coefficient (Wildman–Crippen LogP) is 3.39. The van der Waals surface area contributed by atoms with E-state index in [4.69, 9.17) is 4.42 Å². The molecule has 0 fully saturated rings. The third-order valence-electron chi connectivity index (χ3n) is 4.26. The average Bonchev–Trinajstić information content (AvgIpc) is 3.37. The van der Waals surface area contributed by atoms with Crippen molar-refractivity contribution < 1.29 is 17.8 Å². The Kier molecular flexibility index (Phi) is 4.80. The number of H-pyrrole nitrogens is 1. The summed E-state index contributed by atoms with van der Waals surface area (Å²) in [6.45, 7) is 1.62. The standard InChI is InChI=1S/C19H15N5O5S/c1-13-12-30(27,28)10-9-23(13)22-18(14-5-3-2-4-6-14)15-11-20-21-19(15)16-7-8-17(29-16)24(25)26/h2-12H,1H3,(H,20,21). The van der Waals surface area contributed by atoms with E-state index in [-0.39, 0.29) is 5.76 Å². The molecular formula is C19H15N5O5S. The summed E-state index contributed by atoms with van der Waals surface area (Å²) >= 11 is 0. The summed E-state index contributed by atoms with van der Waals surface area (Å²) in [6.07, 6.45) is 2.88. The first kappa shape index (κ1) is 19.3. The van der Waals surface area contributed by atoms with Crippen molar-refractivity contribution in [1.29, 1.82) is 0 Å². The van der Waals surface area contributed by atoms with E-state index in [9.17, 15) is 18.5 Å². The Morgan fingerprint density at radius 2 is 2.00 bits per heavy atom. The lowest BCUT2D eigenvalue weighted by atomic mass is 10.0. The van der Waals surface area contributed by atoms with Gasteiger partial charge in [-0.25, -0.2) is 13.4 Å². The monoisotopic (exact) mass is 425 g/mol. The van der Waals surface area contributed by atoms with Gasteiger partial charge in [0.05, 0.1) is 34.3 Å². The highest BCUT2D eigenvalue weighted by Gasteiger charge is 2.22. The third-order valence-corrected chi connectivity index (χ3v) is 5.43. The van der Waals surface area contributed by atoms with Gasteiger partial charge in [-0.3, -0.25) is 15.2 Å². The first-order valence-electron chi connectivity index (χ1n) is 8.67. The molecule has 0 unspecified atom stereocenters. The molecule has 2 aromatic heterocycles. The molecule has 3 aromatic rings. The highest BCUT2D eigenvalue weighted by atomic mass is 32.2. The van der Waals surface area contributed by atoms with Crippen molar-refractivity contribution in [2.75, 3.05) is 0 Å². The number of hydrazone groups is 1. The predicted molar refractivity (Wildman–Crippen MR) is 109 cm³/mol. The average molecular weight is 425 g/mol. The molecule has 30 heavy (non-hydrogen) atoms. The van der Waals surface area contributed by atoms with E-state index in [1.807, 2.05) is 30.3 Å². The van der Waals surface area contributed by atoms with Crippen LogP contribution in [0.2, 0.25) is 0 Å². The molecule has 0 atom stereocenters. The van der Waals surface area contributed by atoms with Gasteiger partial charge in [-0.2, -0.15) is 10.2 Å². The van der Waals surface area contributed by atoms with Crippen molar-refractivity contribution in [1.82, 2.24) is 15.2 Å². The largest absolute Gasteiger partial charge is 0.433 e. The fourth-order valence-electron chi connectivity index (χ4n) is 2.89. The number of benzene rings is 1. The SMILES string of the molecule is CC1=CS(=O)(=O)C=CN1N=C(c1ccccc1)c1cn[nH]c1-c1ccc([N+](=O)[O-])o1. The molecule has 0 radical (unpaired) electrons. The summed E-state index contributed by atoms with van der Waals surface area (Å²) in [5.41, 5.74) is 2.54. The highest BCUT2D eigenvalue weighted by molar-refractivity contribution is 7.97. The number of nitro groups is 1. The quantitative estimate of drug-likeness (QED) is 0.376. The molecule has 152 valence electrons. The van der Waals surface area contributed by atoms with Crippen molar-refractivity contribution in [2.24, 2.45) is 5.10 Å². The van der Waals surface area contributed by atoms with Gasteiger partial charge >= 0.3 is 5.88 Å². The number of furan rings is 1. The van der Waals surface area contributed by atoms with Crippen LogP contribution in [0.3, 0.4) is 0 Å². The molecule has 0 saturated carbocycles. The summed E-state index contributed by atoms with van der Waals surface area (Å²) < 4.78 is 28.8. The van der Waals surface area contributed by atoms with E-state index in [2.05, 4.69) is 15.3 Å². The van der Waals surface area contributed by atoms with Crippen LogP contribution in [0.5, 0.6) is 0 Å². The number of aromatic nitrogens is 2. The van der Waals surface area contributed by atoms with Gasteiger partial charge in [-0.1, -0.05) is 30.3 Å². The summed E-state index contributed by atoms with van der Waals surface area (Å²) in [7, 11) is -3.43. The number of nitrogens with zero attached hydrogens (tertiary/aromatic N) is 4. The number of nitrogens with one attached hydrogen (secondary N) is 1. The molecule has 1 aliphatic heterocycles. The number of hydrogen-bond donors (Lipinski definition) is 1. The van der Waals surface area contributed by atoms with Gasteiger partial charge < -0.3 is 4.42 Å². The molecule has 0 saturated heterocycles. The Labute approximate surface area is 170 Å². The first-order valence-corrected chi connectivity index (χ1v) is 10.3. The minimum Gasteiger partial charge on any atom is -0.399 e. The molecule has 1 aliphatic rings. The summed E-state index contributed by atoms with van der Waals surface area (Å²) in [6, 6.07) is 11.9. The number of sulfone groups is 1. The molecule has 1 aromatic carbocycles. The van der Waals surface area contributed by atoms with Crippen LogP contribution >= 0.6 is 0 Å². The van der Waals surface area contributed by atoms with Crippen LogP contribution in [0, 0.1) is 10.1 Å². The molecule has 3 heterocycles. The smallest absolute Gasteiger partial charge is 0.399 e. The zero-order valence-electron chi connectivity index (χ0n) is 15.6. The van der Waals surface area contributed by atoms with Crippen LogP contribution in [0.15, 0.2) is 80.9 Å². The van der Waals surface area contributed by atoms with E-state index in [1.165, 1.54) is 29.5 Å². The number of hydrogen-bond acceptors (Lipinski definition) is 8. The summed E-state index contributed by atoms with van der Waals surface area (Å²) in [5, 5.41) is 26.0. The van der Waals surface area contributed by atoms with E-state index in [0.29, 0.717) is 22.7 Å². The zero-order valence-corrected chi connectivity index (χ0v) is 16.4. The van der Waals surface area contributed by atoms with Crippen molar-refractivity contribution in [2.45, 2.75) is 6.92 Å². The molecule has 0 bridgehead atoms. The van der Waals surface area contributed by atoms with Crippen LogP contribution < -0.4 is 0 Å². The van der Waals surface area contributed by atoms with Crippen LogP contribution in [0.25, 0.3) is 11.5 Å². The Morgan fingerprint density at radius 1 is 1.23 bits per heavy atom. The Balaban J connectivity index is 1.84. The van der Waals surface area contributed by atoms with Gasteiger partial charge in [-0.05, 0) is 13.0 Å². The Hall–Kier alpha value is -3.99. The van der Waals surface area contributed by atoms with Crippen molar-refractivity contribution in [3.63, 3.8) is 0 Å². The fourth-order valence-corrected chi connectivity index (χ4v) is 3.83. The molecule has 10 nitrogen and oxygen atoms in total. The highest BCUT2D eigenvalue weighted by Crippen LogP contribution is 2.29. The Morgan fingerprint density at radius 3 is 2.67 bits per heavy atom. The van der Waals surface area contributed by atoms with E-state index >= 15 is 0 Å². The van der Waals surface area contributed by atoms with Crippen LogP contribution in [0.4, 0.5) is 5.88 Å². The molecular weight excluding hydrogens is 410 g/mol. The summed E-state index contributed by atoms with van der Waals surface area (Å²) in [4.78, 5) is 10.3. The lowest BCUT2D eigenvalue weighted by Gasteiger charge is -2.20. The first-order chi connectivity index (χ1) is 14.3. The van der Waals surface area contributed by atoms with Gasteiger partial charge in [0.25, 0.3) is 0 Å². The molecule has 4 rings (SSSR count). The lowest BCUT2D eigenvalue weighted by Crippen LogP contribution is -2.17. The zero-order chi connectivity index (χ0) is 21.3. The van der Waals surface area contributed by atoms with Crippen LogP contribution in [-0.4, -0.2) is 34.3 Å². The molecule has 0 aliphatic carbocycles. The Bertz CT molecular complexity index is 1300. The number of rotatable bonds is 5. The van der Waals surface area contributed by atoms with Gasteiger partial charge in [0.1, 0.15) is 16.3 Å². The van der Waals surface area contributed by atoms with Crippen LogP contribution in [0.1, 0.15) is 18.1 Å². The number of allylic oxidation sites excluding steroid dienone is 1. The van der Waals surface area contributed by atoms with Crippen molar-refractivity contribution in [3.8, 4) is 11.5 Å². The fraction of sp³-hybridized carbons (Fsp3) is 0.0526. The van der Waals surface area contributed by atoms with Crippen LogP contribution in [-0.2, 0) is 9.84 Å². The maximum absolute atomic E-state index is 11.8. The van der Waals surface area contributed by atoms with E-state index < -0.39 is 20.6 Å². The number of aromatic amines is 1. The maximum atomic E-state index is 11.8. The minimum atomic E-state index is -3.43. The second-order valence-corrected chi connectivity index (χ2v) is 8.03.